The number of β-amino-alcohol motifs (C(OH)–C–C–N with tert-alkyl or cyclic N) is 1. The Bertz CT molecular complexity index is 427. The van der Waals surface area contributed by atoms with Crippen LogP contribution in [-0.4, -0.2) is 61.7 Å². The molecule has 0 spiro atoms. The second-order valence-corrected chi connectivity index (χ2v) is 7.31. The molecule has 1 amide bonds. The zero-order valence-corrected chi connectivity index (χ0v) is 12.4. The van der Waals surface area contributed by atoms with Crippen LogP contribution < -0.4 is 0 Å². The molecule has 0 saturated carbocycles. The van der Waals surface area contributed by atoms with E-state index in [2.05, 4.69) is 4.18 Å². The summed E-state index contributed by atoms with van der Waals surface area (Å²) < 4.78 is 31.8. The first-order chi connectivity index (χ1) is 8.48. The molecule has 1 N–H and O–H groups in total. The van der Waals surface area contributed by atoms with Crippen LogP contribution in [0.5, 0.6) is 0 Å². The summed E-state index contributed by atoms with van der Waals surface area (Å²) in [6, 6.07) is -0.500. The number of hydrogen-bond donors (Lipinski definition) is 1. The van der Waals surface area contributed by atoms with E-state index >= 15 is 0 Å². The van der Waals surface area contributed by atoms with E-state index in [1.165, 1.54) is 4.90 Å². The second kappa shape index (κ2) is 5.64. The van der Waals surface area contributed by atoms with Crippen molar-refractivity contribution in [1.29, 1.82) is 0 Å². The van der Waals surface area contributed by atoms with Gasteiger partial charge in [-0.05, 0) is 27.2 Å². The Morgan fingerprint density at radius 1 is 1.42 bits per heavy atom. The highest BCUT2D eigenvalue weighted by atomic mass is 32.2. The maximum atomic E-state index is 11.9. The third-order valence-electron chi connectivity index (χ3n) is 2.49. The number of rotatable bonds is 3. The Morgan fingerprint density at radius 2 is 2.00 bits per heavy atom. The van der Waals surface area contributed by atoms with Crippen LogP contribution in [0.2, 0.25) is 0 Å². The number of hydrogen-bond acceptors (Lipinski definition) is 6. The molecule has 1 rings (SSSR count). The molecule has 1 saturated heterocycles. The van der Waals surface area contributed by atoms with Crippen LogP contribution in [0.3, 0.4) is 0 Å². The Kier molecular flexibility index (Phi) is 4.81. The Balaban J connectivity index is 2.66. The number of carbonyl (C=O) groups is 1. The van der Waals surface area contributed by atoms with Crippen LogP contribution in [0.1, 0.15) is 27.2 Å². The van der Waals surface area contributed by atoms with Crippen molar-refractivity contribution in [2.45, 2.75) is 44.9 Å². The van der Waals surface area contributed by atoms with Crippen molar-refractivity contribution >= 4 is 16.2 Å². The molecule has 19 heavy (non-hydrogen) atoms. The van der Waals surface area contributed by atoms with Gasteiger partial charge >= 0.3 is 6.09 Å². The fraction of sp³-hybridized carbons (Fsp3) is 0.909. The molecule has 7 nitrogen and oxygen atoms in total. The molecule has 1 aliphatic rings. The van der Waals surface area contributed by atoms with E-state index < -0.39 is 34.0 Å². The second-order valence-electron chi connectivity index (χ2n) is 5.66. The van der Waals surface area contributed by atoms with Crippen LogP contribution in [0.25, 0.3) is 0 Å². The number of carbonyl (C=O) groups excluding carboxylic acids is 1. The first-order valence-electron chi connectivity index (χ1n) is 6.00. The minimum Gasteiger partial charge on any atom is -0.444 e. The summed E-state index contributed by atoms with van der Waals surface area (Å²) in [6.07, 6.45) is -0.0582. The first-order valence-corrected chi connectivity index (χ1v) is 7.82. The number of aliphatic hydroxyl groups excluding tert-OH is 1. The van der Waals surface area contributed by atoms with Crippen molar-refractivity contribution in [2.75, 3.05) is 19.4 Å². The number of amides is 1. The Morgan fingerprint density at radius 3 is 2.47 bits per heavy atom. The third kappa shape index (κ3) is 5.75. The average molecular weight is 295 g/mol. The zero-order chi connectivity index (χ0) is 14.8. The monoisotopic (exact) mass is 295 g/mol. The van der Waals surface area contributed by atoms with Gasteiger partial charge in [0.2, 0.25) is 0 Å². The molecule has 8 heteroatoms. The molecular formula is C11H21NO6S. The molecule has 0 aromatic rings. The van der Waals surface area contributed by atoms with Gasteiger partial charge in [0.25, 0.3) is 10.1 Å². The smallest absolute Gasteiger partial charge is 0.410 e. The van der Waals surface area contributed by atoms with Gasteiger partial charge in [0.15, 0.2) is 0 Å². The summed E-state index contributed by atoms with van der Waals surface area (Å²) in [4.78, 5) is 13.2. The molecule has 1 heterocycles. The predicted molar refractivity (Wildman–Crippen MR) is 68.1 cm³/mol. The molecule has 0 bridgehead atoms. The standard InChI is InChI=1S/C11H21NO6S/c1-11(2,3)18-10(14)12-6-9(13)5-8(12)7-17-19(4,15)16/h8-9,13H,5-7H2,1-4H3/t8-,9+/m1/s1. The molecule has 0 aliphatic carbocycles. The quantitative estimate of drug-likeness (QED) is 0.754. The minimum atomic E-state index is -3.57. The molecular weight excluding hydrogens is 274 g/mol. The van der Waals surface area contributed by atoms with Gasteiger partial charge in [-0.1, -0.05) is 0 Å². The number of nitrogens with zero attached hydrogens (tertiary/aromatic N) is 1. The van der Waals surface area contributed by atoms with Gasteiger partial charge in [0.1, 0.15) is 5.60 Å². The van der Waals surface area contributed by atoms with Gasteiger partial charge in [-0.15, -0.1) is 0 Å². The Labute approximate surface area is 113 Å². The average Bonchev–Trinajstić information content (AvgIpc) is 2.53. The lowest BCUT2D eigenvalue weighted by molar-refractivity contribution is 0.0175. The van der Waals surface area contributed by atoms with Gasteiger partial charge in [-0.25, -0.2) is 4.79 Å². The van der Waals surface area contributed by atoms with E-state index in [-0.39, 0.29) is 19.6 Å². The summed E-state index contributed by atoms with van der Waals surface area (Å²) in [5.41, 5.74) is -0.646. The van der Waals surface area contributed by atoms with Crippen LogP contribution in [0.4, 0.5) is 4.79 Å². The maximum Gasteiger partial charge on any atom is 0.410 e. The van der Waals surface area contributed by atoms with Crippen molar-refractivity contribution in [3.8, 4) is 0 Å². The topological polar surface area (TPSA) is 93.1 Å². The highest BCUT2D eigenvalue weighted by Crippen LogP contribution is 2.21. The molecule has 0 aromatic carbocycles. The van der Waals surface area contributed by atoms with E-state index in [9.17, 15) is 18.3 Å². The van der Waals surface area contributed by atoms with Gasteiger partial charge in [0.05, 0.1) is 31.6 Å². The van der Waals surface area contributed by atoms with Gasteiger partial charge in [-0.3, -0.25) is 4.18 Å². The number of aliphatic hydroxyl groups is 1. The van der Waals surface area contributed by atoms with Crippen molar-refractivity contribution in [2.24, 2.45) is 0 Å². The largest absolute Gasteiger partial charge is 0.444 e. The van der Waals surface area contributed by atoms with Crippen molar-refractivity contribution in [1.82, 2.24) is 4.90 Å². The van der Waals surface area contributed by atoms with E-state index in [0.717, 1.165) is 6.26 Å². The van der Waals surface area contributed by atoms with Crippen LogP contribution >= 0.6 is 0 Å². The van der Waals surface area contributed by atoms with E-state index in [0.29, 0.717) is 0 Å². The minimum absolute atomic E-state index is 0.118. The van der Waals surface area contributed by atoms with E-state index in [1.54, 1.807) is 20.8 Å². The lowest BCUT2D eigenvalue weighted by Crippen LogP contribution is -2.42. The summed E-state index contributed by atoms with van der Waals surface area (Å²) >= 11 is 0. The lowest BCUT2D eigenvalue weighted by Gasteiger charge is -2.28. The Hall–Kier alpha value is -0.860. The normalized spacial score (nSPS) is 24.6. The van der Waals surface area contributed by atoms with Crippen LogP contribution in [0, 0.1) is 0 Å². The number of likely N-dealkylation sites (tertiary alicyclic amines) is 1. The molecule has 1 aliphatic heterocycles. The summed E-state index contributed by atoms with van der Waals surface area (Å²) in [7, 11) is -3.57. The maximum absolute atomic E-state index is 11.9. The molecule has 0 aromatic heterocycles. The van der Waals surface area contributed by atoms with Crippen LogP contribution in [0.15, 0.2) is 0 Å². The first kappa shape index (κ1) is 16.2. The molecule has 112 valence electrons. The fourth-order valence-corrected chi connectivity index (χ4v) is 2.20. The predicted octanol–water partition coefficient (Wildman–Crippen LogP) is 0.333. The SMILES string of the molecule is CC(C)(C)OC(=O)N1C[C@@H](O)C[C@@H]1COS(C)(=O)=O. The molecule has 0 radical (unpaired) electrons. The van der Waals surface area contributed by atoms with Gasteiger partial charge < -0.3 is 14.7 Å². The van der Waals surface area contributed by atoms with Gasteiger partial charge in [0, 0.05) is 0 Å². The van der Waals surface area contributed by atoms with E-state index in [1.807, 2.05) is 0 Å². The van der Waals surface area contributed by atoms with Crippen molar-refractivity contribution in [3.05, 3.63) is 0 Å². The van der Waals surface area contributed by atoms with Gasteiger partial charge in [-0.2, -0.15) is 8.42 Å². The summed E-state index contributed by atoms with van der Waals surface area (Å²) in [6.45, 7) is 5.15. The highest BCUT2D eigenvalue weighted by molar-refractivity contribution is 7.85. The number of ether oxygens (including phenoxy) is 1. The van der Waals surface area contributed by atoms with Crippen molar-refractivity contribution in [3.63, 3.8) is 0 Å². The van der Waals surface area contributed by atoms with Crippen molar-refractivity contribution < 1.29 is 27.2 Å². The third-order valence-corrected chi connectivity index (χ3v) is 3.06. The zero-order valence-electron chi connectivity index (χ0n) is 11.6. The highest BCUT2D eigenvalue weighted by Gasteiger charge is 2.37. The summed E-state index contributed by atoms with van der Waals surface area (Å²) in [5, 5.41) is 9.59. The molecule has 1 fully saturated rings. The molecule has 2 atom stereocenters. The molecule has 0 unspecified atom stereocenters. The lowest BCUT2D eigenvalue weighted by atomic mass is 10.2. The fourth-order valence-electron chi connectivity index (χ4n) is 1.80. The van der Waals surface area contributed by atoms with Crippen LogP contribution in [-0.2, 0) is 19.0 Å². The van der Waals surface area contributed by atoms with E-state index in [4.69, 9.17) is 4.74 Å². The summed E-state index contributed by atoms with van der Waals surface area (Å²) in [5.74, 6) is 0.